The van der Waals surface area contributed by atoms with Gasteiger partial charge in [-0.2, -0.15) is 8.42 Å². The Bertz CT molecular complexity index is 411. The largest absolute Gasteiger partial charge is 0.326 e. The summed E-state index contributed by atoms with van der Waals surface area (Å²) in [4.78, 5) is -0.102. The zero-order valence-electron chi connectivity index (χ0n) is 7.19. The number of hydrogen-bond donors (Lipinski definition) is 2. The SMILES string of the molecule is Cc1ccc(CN)c(S(=O)(=O)O)c1. The van der Waals surface area contributed by atoms with E-state index in [0.29, 0.717) is 5.56 Å². The smallest absolute Gasteiger partial charge is 0.294 e. The minimum atomic E-state index is -4.15. The van der Waals surface area contributed by atoms with Crippen LogP contribution in [0, 0.1) is 6.92 Å². The normalized spacial score (nSPS) is 11.6. The van der Waals surface area contributed by atoms with Crippen molar-refractivity contribution in [2.45, 2.75) is 18.4 Å². The van der Waals surface area contributed by atoms with E-state index in [-0.39, 0.29) is 11.4 Å². The van der Waals surface area contributed by atoms with Gasteiger partial charge >= 0.3 is 0 Å². The first kappa shape index (κ1) is 10.2. The van der Waals surface area contributed by atoms with Crippen molar-refractivity contribution in [3.63, 3.8) is 0 Å². The number of aryl methyl sites for hydroxylation is 1. The van der Waals surface area contributed by atoms with Crippen LogP contribution in [0.1, 0.15) is 11.1 Å². The second-order valence-corrected chi connectivity index (χ2v) is 4.18. The highest BCUT2D eigenvalue weighted by Crippen LogP contribution is 2.16. The molecule has 0 unspecified atom stereocenters. The van der Waals surface area contributed by atoms with Gasteiger partial charge in [-0.15, -0.1) is 0 Å². The van der Waals surface area contributed by atoms with Crippen molar-refractivity contribution >= 4 is 10.1 Å². The van der Waals surface area contributed by atoms with E-state index in [2.05, 4.69) is 0 Å². The van der Waals surface area contributed by atoms with Gasteiger partial charge in [0.25, 0.3) is 10.1 Å². The number of rotatable bonds is 2. The maximum absolute atomic E-state index is 10.9. The Morgan fingerprint density at radius 1 is 1.46 bits per heavy atom. The van der Waals surface area contributed by atoms with Gasteiger partial charge in [0.1, 0.15) is 0 Å². The van der Waals surface area contributed by atoms with Gasteiger partial charge in [0.2, 0.25) is 0 Å². The van der Waals surface area contributed by atoms with Gasteiger partial charge < -0.3 is 5.73 Å². The molecule has 0 aromatic heterocycles. The summed E-state index contributed by atoms with van der Waals surface area (Å²) in [5, 5.41) is 0. The van der Waals surface area contributed by atoms with Crippen LogP contribution in [0.2, 0.25) is 0 Å². The quantitative estimate of drug-likeness (QED) is 0.690. The van der Waals surface area contributed by atoms with Crippen LogP contribution in [0.25, 0.3) is 0 Å². The standard InChI is InChI=1S/C8H11NO3S/c1-6-2-3-7(5-9)8(4-6)13(10,11)12/h2-4H,5,9H2,1H3,(H,10,11,12). The Balaban J connectivity index is 3.41. The summed E-state index contributed by atoms with van der Waals surface area (Å²) in [7, 11) is -4.15. The molecule has 5 heteroatoms. The second-order valence-electron chi connectivity index (χ2n) is 2.79. The molecule has 1 aromatic rings. The van der Waals surface area contributed by atoms with Crippen LogP contribution in [0.3, 0.4) is 0 Å². The van der Waals surface area contributed by atoms with E-state index in [1.165, 1.54) is 6.07 Å². The van der Waals surface area contributed by atoms with Gasteiger partial charge in [0, 0.05) is 6.54 Å². The van der Waals surface area contributed by atoms with Crippen LogP contribution in [-0.2, 0) is 16.7 Å². The number of nitrogens with two attached hydrogens (primary N) is 1. The lowest BCUT2D eigenvalue weighted by Gasteiger charge is -2.04. The zero-order chi connectivity index (χ0) is 10.1. The van der Waals surface area contributed by atoms with E-state index < -0.39 is 10.1 Å². The van der Waals surface area contributed by atoms with Crippen molar-refractivity contribution in [1.82, 2.24) is 0 Å². The number of benzene rings is 1. The van der Waals surface area contributed by atoms with Crippen LogP contribution in [0.4, 0.5) is 0 Å². The first-order valence-electron chi connectivity index (χ1n) is 3.72. The first-order chi connectivity index (χ1) is 5.95. The molecule has 0 spiro atoms. The molecule has 0 radical (unpaired) electrons. The lowest BCUT2D eigenvalue weighted by molar-refractivity contribution is 0.482. The molecule has 0 atom stereocenters. The Kier molecular flexibility index (Phi) is 2.70. The minimum Gasteiger partial charge on any atom is -0.326 e. The molecule has 1 aromatic carbocycles. The summed E-state index contributed by atoms with van der Waals surface area (Å²) in [6.07, 6.45) is 0. The molecule has 0 aliphatic rings. The summed E-state index contributed by atoms with van der Waals surface area (Å²) in [6.45, 7) is 1.84. The summed E-state index contributed by atoms with van der Waals surface area (Å²) >= 11 is 0. The van der Waals surface area contributed by atoms with Crippen molar-refractivity contribution in [2.75, 3.05) is 0 Å². The molecule has 0 aliphatic heterocycles. The predicted octanol–water partition coefficient (Wildman–Crippen LogP) is 0.700. The highest BCUT2D eigenvalue weighted by atomic mass is 32.2. The monoisotopic (exact) mass is 201 g/mol. The van der Waals surface area contributed by atoms with E-state index >= 15 is 0 Å². The van der Waals surface area contributed by atoms with Crippen molar-refractivity contribution in [2.24, 2.45) is 5.73 Å². The van der Waals surface area contributed by atoms with Crippen LogP contribution in [-0.4, -0.2) is 13.0 Å². The first-order valence-corrected chi connectivity index (χ1v) is 5.16. The molecule has 0 fully saturated rings. The molecular weight excluding hydrogens is 190 g/mol. The van der Waals surface area contributed by atoms with Gasteiger partial charge in [-0.05, 0) is 24.1 Å². The van der Waals surface area contributed by atoms with E-state index in [9.17, 15) is 8.42 Å². The van der Waals surface area contributed by atoms with Gasteiger partial charge in [-0.3, -0.25) is 4.55 Å². The van der Waals surface area contributed by atoms with Crippen molar-refractivity contribution in [1.29, 1.82) is 0 Å². The Morgan fingerprint density at radius 3 is 2.54 bits per heavy atom. The average molecular weight is 201 g/mol. The predicted molar refractivity (Wildman–Crippen MR) is 48.9 cm³/mol. The van der Waals surface area contributed by atoms with Crippen molar-refractivity contribution < 1.29 is 13.0 Å². The highest BCUT2D eigenvalue weighted by molar-refractivity contribution is 7.85. The summed E-state index contributed by atoms with van der Waals surface area (Å²) in [6, 6.07) is 4.74. The van der Waals surface area contributed by atoms with E-state index in [1.807, 2.05) is 0 Å². The Labute approximate surface area is 77.1 Å². The van der Waals surface area contributed by atoms with Crippen LogP contribution < -0.4 is 5.73 Å². The zero-order valence-corrected chi connectivity index (χ0v) is 8.00. The lowest BCUT2D eigenvalue weighted by Crippen LogP contribution is -2.07. The number of hydrogen-bond acceptors (Lipinski definition) is 3. The average Bonchev–Trinajstić information content (AvgIpc) is 2.03. The third kappa shape index (κ3) is 2.27. The molecule has 72 valence electrons. The van der Waals surface area contributed by atoms with Gasteiger partial charge in [0.15, 0.2) is 0 Å². The third-order valence-electron chi connectivity index (χ3n) is 1.72. The molecule has 0 saturated carbocycles. The Morgan fingerprint density at radius 2 is 2.08 bits per heavy atom. The molecule has 1 rings (SSSR count). The molecule has 4 nitrogen and oxygen atoms in total. The molecule has 3 N–H and O–H groups in total. The Hall–Kier alpha value is -0.910. The van der Waals surface area contributed by atoms with Crippen molar-refractivity contribution in [3.05, 3.63) is 29.3 Å². The third-order valence-corrected chi connectivity index (χ3v) is 2.66. The summed E-state index contributed by atoms with van der Waals surface area (Å²) in [5.41, 5.74) is 6.51. The molecule has 13 heavy (non-hydrogen) atoms. The molecule has 0 aliphatic carbocycles. The molecule has 0 heterocycles. The fourth-order valence-electron chi connectivity index (χ4n) is 1.07. The van der Waals surface area contributed by atoms with Crippen LogP contribution in [0.15, 0.2) is 23.1 Å². The lowest BCUT2D eigenvalue weighted by atomic mass is 10.1. The molecular formula is C8H11NO3S. The van der Waals surface area contributed by atoms with E-state index in [1.54, 1.807) is 19.1 Å². The second kappa shape index (κ2) is 3.45. The fourth-order valence-corrected chi connectivity index (χ4v) is 1.89. The van der Waals surface area contributed by atoms with Crippen LogP contribution >= 0.6 is 0 Å². The summed E-state index contributed by atoms with van der Waals surface area (Å²) < 4.78 is 30.6. The van der Waals surface area contributed by atoms with Gasteiger partial charge in [0.05, 0.1) is 4.90 Å². The van der Waals surface area contributed by atoms with Gasteiger partial charge in [-0.25, -0.2) is 0 Å². The van der Waals surface area contributed by atoms with E-state index in [4.69, 9.17) is 10.3 Å². The van der Waals surface area contributed by atoms with Gasteiger partial charge in [-0.1, -0.05) is 12.1 Å². The maximum atomic E-state index is 10.9. The highest BCUT2D eigenvalue weighted by Gasteiger charge is 2.13. The molecule has 0 saturated heterocycles. The molecule has 0 amide bonds. The topological polar surface area (TPSA) is 80.4 Å². The molecule has 0 bridgehead atoms. The van der Waals surface area contributed by atoms with Crippen molar-refractivity contribution in [3.8, 4) is 0 Å². The summed E-state index contributed by atoms with van der Waals surface area (Å²) in [5.74, 6) is 0. The minimum absolute atomic E-state index is 0.0927. The fraction of sp³-hybridized carbons (Fsp3) is 0.250. The van der Waals surface area contributed by atoms with E-state index in [0.717, 1.165) is 5.56 Å². The maximum Gasteiger partial charge on any atom is 0.294 e. The van der Waals surface area contributed by atoms with Crippen LogP contribution in [0.5, 0.6) is 0 Å².